The molecule has 0 spiro atoms. The molecule has 2 heterocycles. The van der Waals surface area contributed by atoms with Crippen LogP contribution in [0.25, 0.3) is 0 Å². The summed E-state index contributed by atoms with van der Waals surface area (Å²) in [6, 6.07) is 8.21. The molecule has 2 aliphatic rings. The summed E-state index contributed by atoms with van der Waals surface area (Å²) >= 11 is 0. The SMILES string of the molecule is CCOc1cccc(CNC(=NC)N2CCC(OCC3CCCCO3)CC2)c1. The molecule has 1 unspecified atom stereocenters. The Balaban J connectivity index is 1.40. The zero-order valence-electron chi connectivity index (χ0n) is 17.4. The number of guanidine groups is 1. The van der Waals surface area contributed by atoms with Gasteiger partial charge in [0.1, 0.15) is 5.75 Å². The quantitative estimate of drug-likeness (QED) is 0.573. The molecule has 0 aliphatic carbocycles. The number of benzene rings is 1. The largest absolute Gasteiger partial charge is 0.494 e. The molecule has 156 valence electrons. The smallest absolute Gasteiger partial charge is 0.193 e. The number of nitrogens with one attached hydrogen (secondary N) is 1. The number of piperidine rings is 1. The first-order valence-corrected chi connectivity index (χ1v) is 10.7. The minimum atomic E-state index is 0.300. The van der Waals surface area contributed by atoms with Gasteiger partial charge in [0.05, 0.1) is 25.4 Å². The summed E-state index contributed by atoms with van der Waals surface area (Å²) in [6.07, 6.45) is 6.30. The number of nitrogens with zero attached hydrogens (tertiary/aromatic N) is 2. The molecule has 0 radical (unpaired) electrons. The van der Waals surface area contributed by atoms with Gasteiger partial charge in [0, 0.05) is 33.3 Å². The Labute approximate surface area is 169 Å². The summed E-state index contributed by atoms with van der Waals surface area (Å²) in [5, 5.41) is 3.48. The second-order valence-corrected chi connectivity index (χ2v) is 7.49. The number of hydrogen-bond acceptors (Lipinski definition) is 4. The van der Waals surface area contributed by atoms with Gasteiger partial charge >= 0.3 is 0 Å². The number of hydrogen-bond donors (Lipinski definition) is 1. The van der Waals surface area contributed by atoms with E-state index in [1.165, 1.54) is 18.4 Å². The summed E-state index contributed by atoms with van der Waals surface area (Å²) in [6.45, 7) is 6.99. The Hall–Kier alpha value is -1.79. The fourth-order valence-electron chi connectivity index (χ4n) is 3.84. The van der Waals surface area contributed by atoms with Crippen LogP contribution >= 0.6 is 0 Å². The van der Waals surface area contributed by atoms with E-state index in [0.29, 0.717) is 18.8 Å². The Morgan fingerprint density at radius 2 is 2.11 bits per heavy atom. The van der Waals surface area contributed by atoms with Gasteiger partial charge in [0.15, 0.2) is 5.96 Å². The summed E-state index contributed by atoms with van der Waals surface area (Å²) in [5.41, 5.74) is 1.19. The van der Waals surface area contributed by atoms with Gasteiger partial charge in [-0.1, -0.05) is 12.1 Å². The van der Waals surface area contributed by atoms with Crippen LogP contribution in [0, 0.1) is 0 Å². The summed E-state index contributed by atoms with van der Waals surface area (Å²) in [7, 11) is 1.85. The van der Waals surface area contributed by atoms with Crippen molar-refractivity contribution in [2.75, 3.05) is 40.0 Å². The third-order valence-electron chi connectivity index (χ3n) is 5.41. The van der Waals surface area contributed by atoms with Crippen LogP contribution in [-0.4, -0.2) is 63.0 Å². The molecule has 6 heteroatoms. The molecule has 2 aliphatic heterocycles. The van der Waals surface area contributed by atoms with Gasteiger partial charge in [0.2, 0.25) is 0 Å². The highest BCUT2D eigenvalue weighted by Gasteiger charge is 2.23. The Morgan fingerprint density at radius 3 is 2.82 bits per heavy atom. The second-order valence-electron chi connectivity index (χ2n) is 7.49. The predicted octanol–water partition coefficient (Wildman–Crippen LogP) is 3.21. The molecule has 28 heavy (non-hydrogen) atoms. The lowest BCUT2D eigenvalue weighted by Gasteiger charge is -2.35. The van der Waals surface area contributed by atoms with Crippen molar-refractivity contribution in [3.8, 4) is 5.75 Å². The highest BCUT2D eigenvalue weighted by molar-refractivity contribution is 5.80. The summed E-state index contributed by atoms with van der Waals surface area (Å²) in [5.74, 6) is 1.87. The van der Waals surface area contributed by atoms with E-state index in [4.69, 9.17) is 14.2 Å². The Bertz CT molecular complexity index is 609. The molecular weight excluding hydrogens is 354 g/mol. The van der Waals surface area contributed by atoms with Gasteiger partial charge in [-0.15, -0.1) is 0 Å². The van der Waals surface area contributed by atoms with Crippen molar-refractivity contribution in [2.24, 2.45) is 4.99 Å². The average molecular weight is 390 g/mol. The molecule has 2 fully saturated rings. The van der Waals surface area contributed by atoms with Gasteiger partial charge in [-0.05, 0) is 56.7 Å². The van der Waals surface area contributed by atoms with Gasteiger partial charge in [0.25, 0.3) is 0 Å². The molecule has 1 N–H and O–H groups in total. The van der Waals surface area contributed by atoms with Crippen molar-refractivity contribution in [3.05, 3.63) is 29.8 Å². The van der Waals surface area contributed by atoms with E-state index in [1.54, 1.807) is 0 Å². The Kier molecular flexibility index (Phi) is 8.42. The first kappa shape index (κ1) is 20.9. The van der Waals surface area contributed by atoms with Gasteiger partial charge < -0.3 is 24.4 Å². The molecule has 6 nitrogen and oxygen atoms in total. The minimum absolute atomic E-state index is 0.300. The van der Waals surface area contributed by atoms with E-state index in [9.17, 15) is 0 Å². The third kappa shape index (κ3) is 6.38. The fraction of sp³-hybridized carbons (Fsp3) is 0.682. The summed E-state index contributed by atoms with van der Waals surface area (Å²) < 4.78 is 17.5. The van der Waals surface area contributed by atoms with Crippen LogP contribution in [-0.2, 0) is 16.0 Å². The highest BCUT2D eigenvalue weighted by Crippen LogP contribution is 2.18. The number of ether oxygens (including phenoxy) is 3. The van der Waals surface area contributed by atoms with E-state index in [-0.39, 0.29) is 0 Å². The van der Waals surface area contributed by atoms with Crippen molar-refractivity contribution < 1.29 is 14.2 Å². The topological polar surface area (TPSA) is 55.3 Å². The average Bonchev–Trinajstić information content (AvgIpc) is 2.75. The molecule has 1 aromatic carbocycles. The van der Waals surface area contributed by atoms with Crippen LogP contribution in [0.3, 0.4) is 0 Å². The predicted molar refractivity (Wildman–Crippen MR) is 112 cm³/mol. The van der Waals surface area contributed by atoms with Crippen molar-refractivity contribution in [1.29, 1.82) is 0 Å². The van der Waals surface area contributed by atoms with Crippen molar-refractivity contribution >= 4 is 5.96 Å². The van der Waals surface area contributed by atoms with Gasteiger partial charge in [-0.25, -0.2) is 0 Å². The molecule has 0 aromatic heterocycles. The highest BCUT2D eigenvalue weighted by atomic mass is 16.5. The van der Waals surface area contributed by atoms with Crippen molar-refractivity contribution in [1.82, 2.24) is 10.2 Å². The Morgan fingerprint density at radius 1 is 1.25 bits per heavy atom. The van der Waals surface area contributed by atoms with E-state index >= 15 is 0 Å². The first-order chi connectivity index (χ1) is 13.8. The molecule has 0 bridgehead atoms. The number of aliphatic imine (C=N–C) groups is 1. The van der Waals surface area contributed by atoms with Crippen LogP contribution < -0.4 is 10.1 Å². The maximum atomic E-state index is 6.12. The zero-order valence-corrected chi connectivity index (χ0v) is 17.4. The maximum Gasteiger partial charge on any atom is 0.193 e. The van der Waals surface area contributed by atoms with Crippen molar-refractivity contribution in [3.63, 3.8) is 0 Å². The fourth-order valence-corrected chi connectivity index (χ4v) is 3.84. The molecule has 0 saturated carbocycles. The third-order valence-corrected chi connectivity index (χ3v) is 5.41. The van der Waals surface area contributed by atoms with E-state index in [0.717, 1.165) is 63.8 Å². The van der Waals surface area contributed by atoms with Gasteiger partial charge in [-0.3, -0.25) is 4.99 Å². The lowest BCUT2D eigenvalue weighted by atomic mass is 10.1. The molecule has 1 aromatic rings. The lowest BCUT2D eigenvalue weighted by Crippen LogP contribution is -2.47. The van der Waals surface area contributed by atoms with Crippen LogP contribution in [0.5, 0.6) is 5.75 Å². The van der Waals surface area contributed by atoms with E-state index < -0.39 is 0 Å². The number of likely N-dealkylation sites (tertiary alicyclic amines) is 1. The van der Waals surface area contributed by atoms with Crippen LogP contribution in [0.1, 0.15) is 44.6 Å². The zero-order chi connectivity index (χ0) is 19.6. The van der Waals surface area contributed by atoms with Crippen LogP contribution in [0.15, 0.2) is 29.3 Å². The van der Waals surface area contributed by atoms with E-state index in [2.05, 4.69) is 27.3 Å². The monoisotopic (exact) mass is 389 g/mol. The number of rotatable bonds is 7. The molecule has 3 rings (SSSR count). The minimum Gasteiger partial charge on any atom is -0.494 e. The molecule has 2 saturated heterocycles. The lowest BCUT2D eigenvalue weighted by molar-refractivity contribution is -0.0721. The normalized spacial score (nSPS) is 21.6. The van der Waals surface area contributed by atoms with Crippen molar-refractivity contribution in [2.45, 2.75) is 57.8 Å². The van der Waals surface area contributed by atoms with Gasteiger partial charge in [-0.2, -0.15) is 0 Å². The maximum absolute atomic E-state index is 6.12. The molecule has 0 amide bonds. The second kappa shape index (κ2) is 11.3. The van der Waals surface area contributed by atoms with Crippen LogP contribution in [0.2, 0.25) is 0 Å². The molecule has 1 atom stereocenters. The van der Waals surface area contributed by atoms with E-state index in [1.807, 2.05) is 26.1 Å². The summed E-state index contributed by atoms with van der Waals surface area (Å²) in [4.78, 5) is 6.79. The van der Waals surface area contributed by atoms with Crippen LogP contribution in [0.4, 0.5) is 0 Å². The standard InChI is InChI=1S/C22H35N3O3/c1-3-26-20-9-6-7-18(15-20)16-24-22(23-2)25-12-10-19(11-13-25)28-17-21-8-4-5-14-27-21/h6-7,9,15,19,21H,3-5,8,10-14,16-17H2,1-2H3,(H,23,24). The first-order valence-electron chi connectivity index (χ1n) is 10.7. The molecular formula is C22H35N3O3.